The zero-order valence-electron chi connectivity index (χ0n) is 13.3. The summed E-state index contributed by atoms with van der Waals surface area (Å²) in [5.41, 5.74) is 3.50. The van der Waals surface area contributed by atoms with Gasteiger partial charge in [-0.1, -0.05) is 30.3 Å². The Bertz CT molecular complexity index is 797. The Balaban J connectivity index is 1.44. The lowest BCUT2D eigenvalue weighted by atomic mass is 9.88. The van der Waals surface area contributed by atoms with Gasteiger partial charge in [-0.2, -0.15) is 0 Å². The first-order valence-electron chi connectivity index (χ1n) is 8.25. The smallest absolute Gasteiger partial charge is 0.244 e. The van der Waals surface area contributed by atoms with E-state index in [1.54, 1.807) is 12.2 Å². The van der Waals surface area contributed by atoms with Crippen LogP contribution in [-0.2, 0) is 11.2 Å². The van der Waals surface area contributed by atoms with Crippen molar-refractivity contribution < 1.29 is 14.3 Å². The van der Waals surface area contributed by atoms with Crippen LogP contribution in [0.4, 0.5) is 0 Å². The fraction of sp³-hybridized carbons (Fsp3) is 0.250. The molecule has 0 aromatic heterocycles. The van der Waals surface area contributed by atoms with Crippen LogP contribution < -0.4 is 14.8 Å². The summed E-state index contributed by atoms with van der Waals surface area (Å²) in [6.07, 6.45) is 6.56. The first kappa shape index (κ1) is 14.8. The normalized spacial score (nSPS) is 18.4. The highest BCUT2D eigenvalue weighted by Crippen LogP contribution is 2.33. The van der Waals surface area contributed by atoms with Gasteiger partial charge in [0.1, 0.15) is 0 Å². The number of benzene rings is 2. The largest absolute Gasteiger partial charge is 0.454 e. The van der Waals surface area contributed by atoms with Gasteiger partial charge in [0, 0.05) is 6.08 Å². The van der Waals surface area contributed by atoms with Crippen molar-refractivity contribution in [2.45, 2.75) is 25.3 Å². The number of carbonyl (C=O) groups excluding carboxylic acids is 1. The van der Waals surface area contributed by atoms with E-state index >= 15 is 0 Å². The molecule has 4 heteroatoms. The van der Waals surface area contributed by atoms with Gasteiger partial charge in [-0.15, -0.1) is 0 Å². The summed E-state index contributed by atoms with van der Waals surface area (Å²) in [6.45, 7) is 0.254. The van der Waals surface area contributed by atoms with Gasteiger partial charge in [0.25, 0.3) is 0 Å². The molecule has 1 aliphatic carbocycles. The maximum atomic E-state index is 12.3. The summed E-state index contributed by atoms with van der Waals surface area (Å²) >= 11 is 0. The minimum Gasteiger partial charge on any atom is -0.454 e. The maximum absolute atomic E-state index is 12.3. The average Bonchev–Trinajstić information content (AvgIpc) is 3.08. The van der Waals surface area contributed by atoms with E-state index in [1.165, 1.54) is 11.1 Å². The van der Waals surface area contributed by atoms with Crippen LogP contribution >= 0.6 is 0 Å². The van der Waals surface area contributed by atoms with Gasteiger partial charge in [-0.3, -0.25) is 4.79 Å². The Morgan fingerprint density at radius 2 is 2.00 bits per heavy atom. The zero-order valence-corrected chi connectivity index (χ0v) is 13.3. The molecule has 0 unspecified atom stereocenters. The molecular weight excluding hydrogens is 302 g/mol. The summed E-state index contributed by atoms with van der Waals surface area (Å²) in [5, 5.41) is 3.12. The summed E-state index contributed by atoms with van der Waals surface area (Å²) in [4.78, 5) is 12.3. The number of aryl methyl sites for hydroxylation is 1. The van der Waals surface area contributed by atoms with Gasteiger partial charge in [-0.25, -0.2) is 0 Å². The molecule has 1 N–H and O–H groups in total. The van der Waals surface area contributed by atoms with Crippen molar-refractivity contribution in [3.8, 4) is 11.5 Å². The number of carbonyl (C=O) groups is 1. The van der Waals surface area contributed by atoms with Gasteiger partial charge < -0.3 is 14.8 Å². The molecule has 1 aliphatic heterocycles. The lowest BCUT2D eigenvalue weighted by Gasteiger charge is -2.25. The molecule has 24 heavy (non-hydrogen) atoms. The quantitative estimate of drug-likeness (QED) is 0.878. The van der Waals surface area contributed by atoms with E-state index in [-0.39, 0.29) is 18.7 Å². The van der Waals surface area contributed by atoms with Crippen LogP contribution in [0.15, 0.2) is 48.5 Å². The second-order valence-corrected chi connectivity index (χ2v) is 6.10. The first-order chi connectivity index (χ1) is 11.8. The van der Waals surface area contributed by atoms with Crippen LogP contribution in [0.2, 0.25) is 0 Å². The number of fused-ring (bicyclic) bond motifs is 2. The van der Waals surface area contributed by atoms with Gasteiger partial charge >= 0.3 is 0 Å². The molecule has 0 bridgehead atoms. The maximum Gasteiger partial charge on any atom is 0.244 e. The Labute approximate surface area is 141 Å². The predicted octanol–water partition coefficient (Wildman–Crippen LogP) is 3.62. The molecule has 1 heterocycles. The lowest BCUT2D eigenvalue weighted by molar-refractivity contribution is -0.117. The fourth-order valence-corrected chi connectivity index (χ4v) is 3.31. The second-order valence-electron chi connectivity index (χ2n) is 6.10. The molecule has 2 aromatic carbocycles. The highest BCUT2D eigenvalue weighted by molar-refractivity contribution is 5.92. The SMILES string of the molecule is O=C(/C=C/c1ccc2c(c1)OCO2)N[C@H]1CCCc2ccccc21. The fourth-order valence-electron chi connectivity index (χ4n) is 3.31. The number of hydrogen-bond acceptors (Lipinski definition) is 3. The molecule has 2 aromatic rings. The van der Waals surface area contributed by atoms with Crippen molar-refractivity contribution in [1.29, 1.82) is 0 Å². The van der Waals surface area contributed by atoms with Crippen molar-refractivity contribution in [3.63, 3.8) is 0 Å². The Hall–Kier alpha value is -2.75. The lowest BCUT2D eigenvalue weighted by Crippen LogP contribution is -2.29. The van der Waals surface area contributed by atoms with Gasteiger partial charge in [0.2, 0.25) is 12.7 Å². The molecule has 0 saturated carbocycles. The Morgan fingerprint density at radius 3 is 2.96 bits per heavy atom. The van der Waals surface area contributed by atoms with Crippen LogP contribution in [0.1, 0.15) is 35.6 Å². The molecule has 0 radical (unpaired) electrons. The summed E-state index contributed by atoms with van der Waals surface area (Å²) < 4.78 is 10.6. The molecule has 4 nitrogen and oxygen atoms in total. The van der Waals surface area contributed by atoms with Crippen LogP contribution in [-0.4, -0.2) is 12.7 Å². The molecular formula is C20H19NO3. The third-order valence-electron chi connectivity index (χ3n) is 4.51. The number of nitrogens with one attached hydrogen (secondary N) is 1. The van der Waals surface area contributed by atoms with Crippen LogP contribution in [0.25, 0.3) is 6.08 Å². The number of ether oxygens (including phenoxy) is 2. The molecule has 122 valence electrons. The highest BCUT2D eigenvalue weighted by atomic mass is 16.7. The van der Waals surface area contributed by atoms with Crippen molar-refractivity contribution in [3.05, 3.63) is 65.2 Å². The third-order valence-corrected chi connectivity index (χ3v) is 4.51. The van der Waals surface area contributed by atoms with E-state index < -0.39 is 0 Å². The van der Waals surface area contributed by atoms with E-state index in [9.17, 15) is 4.79 Å². The second kappa shape index (κ2) is 6.40. The Kier molecular flexibility index (Phi) is 3.95. The van der Waals surface area contributed by atoms with Crippen LogP contribution in [0, 0.1) is 0 Å². The molecule has 0 spiro atoms. The summed E-state index contributed by atoms with van der Waals surface area (Å²) in [6, 6.07) is 14.1. The van der Waals surface area contributed by atoms with Gasteiger partial charge in [0.15, 0.2) is 11.5 Å². The summed E-state index contributed by atoms with van der Waals surface area (Å²) in [7, 11) is 0. The number of hydrogen-bond donors (Lipinski definition) is 1. The van der Waals surface area contributed by atoms with E-state index in [0.29, 0.717) is 0 Å². The van der Waals surface area contributed by atoms with Crippen molar-refractivity contribution in [1.82, 2.24) is 5.32 Å². The van der Waals surface area contributed by atoms with Gasteiger partial charge in [0.05, 0.1) is 6.04 Å². The third kappa shape index (κ3) is 3.00. The van der Waals surface area contributed by atoms with E-state index in [4.69, 9.17) is 9.47 Å². The van der Waals surface area contributed by atoms with E-state index in [1.807, 2.05) is 24.3 Å². The molecule has 1 atom stereocenters. The molecule has 0 saturated heterocycles. The number of amides is 1. The first-order valence-corrected chi connectivity index (χ1v) is 8.25. The van der Waals surface area contributed by atoms with Gasteiger partial charge in [-0.05, 0) is 54.2 Å². The topological polar surface area (TPSA) is 47.6 Å². The van der Waals surface area contributed by atoms with Crippen molar-refractivity contribution in [2.75, 3.05) is 6.79 Å². The highest BCUT2D eigenvalue weighted by Gasteiger charge is 2.20. The zero-order chi connectivity index (χ0) is 16.4. The molecule has 2 aliphatic rings. The van der Waals surface area contributed by atoms with Crippen LogP contribution in [0.3, 0.4) is 0 Å². The van der Waals surface area contributed by atoms with E-state index in [0.717, 1.165) is 36.3 Å². The predicted molar refractivity (Wildman–Crippen MR) is 91.9 cm³/mol. The minimum absolute atomic E-state index is 0.0747. The van der Waals surface area contributed by atoms with Crippen LogP contribution in [0.5, 0.6) is 11.5 Å². The van der Waals surface area contributed by atoms with E-state index in [2.05, 4.69) is 23.5 Å². The molecule has 1 amide bonds. The minimum atomic E-state index is -0.0747. The average molecular weight is 321 g/mol. The monoisotopic (exact) mass is 321 g/mol. The Morgan fingerprint density at radius 1 is 1.12 bits per heavy atom. The summed E-state index contributed by atoms with van der Waals surface area (Å²) in [5.74, 6) is 1.39. The number of rotatable bonds is 3. The van der Waals surface area contributed by atoms with Crippen molar-refractivity contribution in [2.24, 2.45) is 0 Å². The molecule has 0 fully saturated rings. The molecule has 4 rings (SSSR count). The van der Waals surface area contributed by atoms with Crippen molar-refractivity contribution >= 4 is 12.0 Å². The standard InChI is InChI=1S/C20H19NO3/c22-20(11-9-14-8-10-18-19(12-14)24-13-23-18)21-17-7-3-5-15-4-1-2-6-16(15)17/h1-2,4,6,8-12,17H,3,5,7,13H2,(H,21,22)/b11-9+/t17-/m0/s1.